The molecular weight excluding hydrogens is 378 g/mol. The number of fused-ring (bicyclic) bond motifs is 1. The number of likely N-dealkylation sites (tertiary alicyclic amines) is 1. The third kappa shape index (κ3) is 4.79. The van der Waals surface area contributed by atoms with Gasteiger partial charge >= 0.3 is 5.97 Å². The Hall–Kier alpha value is -2.22. The Kier molecular flexibility index (Phi) is 6.83. The number of H-pyrrole nitrogens is 1. The first-order valence-electron chi connectivity index (χ1n) is 9.76. The van der Waals surface area contributed by atoms with Gasteiger partial charge in [-0.25, -0.2) is 4.98 Å². The quantitative estimate of drug-likeness (QED) is 0.562. The number of nitrogens with one attached hydrogen (secondary N) is 1. The van der Waals surface area contributed by atoms with E-state index in [0.717, 1.165) is 16.8 Å². The van der Waals surface area contributed by atoms with Crippen molar-refractivity contribution >= 4 is 34.7 Å². The van der Waals surface area contributed by atoms with Crippen molar-refractivity contribution in [3.05, 3.63) is 18.2 Å². The summed E-state index contributed by atoms with van der Waals surface area (Å²) in [7, 11) is 0. The highest BCUT2D eigenvalue weighted by molar-refractivity contribution is 8.00. The maximum atomic E-state index is 12.8. The van der Waals surface area contributed by atoms with Crippen LogP contribution in [0.5, 0.6) is 5.75 Å². The van der Waals surface area contributed by atoms with Crippen LogP contribution in [0.1, 0.15) is 33.6 Å². The van der Waals surface area contributed by atoms with Crippen LogP contribution in [0, 0.1) is 5.92 Å². The minimum atomic E-state index is -0.258. The summed E-state index contributed by atoms with van der Waals surface area (Å²) in [6.45, 7) is 7.83. The Labute approximate surface area is 169 Å². The second-order valence-corrected chi connectivity index (χ2v) is 8.10. The predicted octanol–water partition coefficient (Wildman–Crippen LogP) is 3.24. The molecule has 1 aromatic heterocycles. The van der Waals surface area contributed by atoms with Crippen LogP contribution >= 0.6 is 11.8 Å². The van der Waals surface area contributed by atoms with Crippen LogP contribution in [-0.4, -0.2) is 58.3 Å². The van der Waals surface area contributed by atoms with Crippen LogP contribution < -0.4 is 4.74 Å². The monoisotopic (exact) mass is 405 g/mol. The fraction of sp³-hybridized carbons (Fsp3) is 0.550. The third-order valence-electron chi connectivity index (χ3n) is 4.81. The number of carbonyl (C=O) groups excluding carboxylic acids is 2. The normalized spacial score (nSPS) is 16.2. The second-order valence-electron chi connectivity index (χ2n) is 6.77. The SMILES string of the molecule is CCOC(=O)C1CCN(C(=O)[C@H](C)Sc2nc3ccc(OCC)cc3[nH]2)CC1. The molecule has 0 aliphatic carbocycles. The molecule has 1 aliphatic rings. The van der Waals surface area contributed by atoms with Crippen LogP contribution in [0.4, 0.5) is 0 Å². The fourth-order valence-corrected chi connectivity index (χ4v) is 4.25. The number of amides is 1. The largest absolute Gasteiger partial charge is 0.494 e. The number of piperidine rings is 1. The molecule has 1 saturated heterocycles. The number of esters is 1. The Balaban J connectivity index is 1.57. The zero-order valence-electron chi connectivity index (χ0n) is 16.6. The van der Waals surface area contributed by atoms with Crippen molar-refractivity contribution in [2.45, 2.75) is 44.0 Å². The average Bonchev–Trinajstić information content (AvgIpc) is 3.09. The van der Waals surface area contributed by atoms with E-state index in [9.17, 15) is 9.59 Å². The molecule has 2 heterocycles. The second kappa shape index (κ2) is 9.32. The standard InChI is InChI=1S/C20H27N3O4S/c1-4-26-15-6-7-16-17(12-15)22-20(21-16)28-13(3)18(24)23-10-8-14(9-11-23)19(25)27-5-2/h6-7,12-14H,4-5,8-11H2,1-3H3,(H,21,22)/t13-/m0/s1. The number of nitrogens with zero attached hydrogens (tertiary/aromatic N) is 2. The third-order valence-corrected chi connectivity index (χ3v) is 5.78. The lowest BCUT2D eigenvalue weighted by Gasteiger charge is -2.32. The maximum absolute atomic E-state index is 12.8. The summed E-state index contributed by atoms with van der Waals surface area (Å²) in [5.41, 5.74) is 1.74. The lowest BCUT2D eigenvalue weighted by atomic mass is 9.97. The summed E-state index contributed by atoms with van der Waals surface area (Å²) in [6, 6.07) is 5.72. The number of rotatable bonds is 7. The summed E-state index contributed by atoms with van der Waals surface area (Å²) >= 11 is 1.42. The molecule has 152 valence electrons. The minimum absolute atomic E-state index is 0.0720. The molecule has 2 aromatic rings. The zero-order chi connectivity index (χ0) is 20.1. The highest BCUT2D eigenvalue weighted by Crippen LogP contribution is 2.28. The van der Waals surface area contributed by atoms with Crippen LogP contribution in [-0.2, 0) is 14.3 Å². The van der Waals surface area contributed by atoms with Crippen LogP contribution in [0.2, 0.25) is 0 Å². The van der Waals surface area contributed by atoms with Gasteiger partial charge in [0.1, 0.15) is 5.75 Å². The van der Waals surface area contributed by atoms with Gasteiger partial charge in [0.05, 0.1) is 35.4 Å². The maximum Gasteiger partial charge on any atom is 0.309 e. The van der Waals surface area contributed by atoms with Gasteiger partial charge in [-0.2, -0.15) is 0 Å². The van der Waals surface area contributed by atoms with E-state index in [2.05, 4.69) is 9.97 Å². The molecule has 1 atom stereocenters. The highest BCUT2D eigenvalue weighted by Gasteiger charge is 2.30. The van der Waals surface area contributed by atoms with E-state index < -0.39 is 0 Å². The average molecular weight is 406 g/mol. The van der Waals surface area contributed by atoms with E-state index >= 15 is 0 Å². The van der Waals surface area contributed by atoms with E-state index in [0.29, 0.717) is 44.3 Å². The lowest BCUT2D eigenvalue weighted by Crippen LogP contribution is -2.43. The van der Waals surface area contributed by atoms with Gasteiger partial charge in [0.25, 0.3) is 0 Å². The first kappa shape index (κ1) is 20.5. The summed E-state index contributed by atoms with van der Waals surface area (Å²) in [5.74, 6) is 0.624. The number of hydrogen-bond donors (Lipinski definition) is 1. The van der Waals surface area contributed by atoms with Crippen LogP contribution in [0.15, 0.2) is 23.4 Å². The lowest BCUT2D eigenvalue weighted by molar-refractivity contribution is -0.151. The molecule has 28 heavy (non-hydrogen) atoms. The van der Waals surface area contributed by atoms with Crippen LogP contribution in [0.3, 0.4) is 0 Å². The van der Waals surface area contributed by atoms with Gasteiger partial charge < -0.3 is 19.4 Å². The fourth-order valence-electron chi connectivity index (χ4n) is 3.35. The number of aromatic nitrogens is 2. The Morgan fingerprint density at radius 1 is 1.29 bits per heavy atom. The van der Waals surface area contributed by atoms with Crippen LogP contribution in [0.25, 0.3) is 11.0 Å². The molecule has 1 aliphatic heterocycles. The smallest absolute Gasteiger partial charge is 0.309 e. The summed E-state index contributed by atoms with van der Waals surface area (Å²) in [4.78, 5) is 34.3. The number of carbonyl (C=O) groups is 2. The first-order chi connectivity index (χ1) is 13.5. The number of hydrogen-bond acceptors (Lipinski definition) is 6. The van der Waals surface area contributed by atoms with Crippen molar-refractivity contribution in [2.75, 3.05) is 26.3 Å². The molecule has 7 nitrogen and oxygen atoms in total. The molecule has 3 rings (SSSR count). The van der Waals surface area contributed by atoms with Gasteiger partial charge in [0.2, 0.25) is 5.91 Å². The van der Waals surface area contributed by atoms with Crippen molar-refractivity contribution in [3.8, 4) is 5.75 Å². The number of aromatic amines is 1. The Morgan fingerprint density at radius 3 is 2.71 bits per heavy atom. The van der Waals surface area contributed by atoms with E-state index in [-0.39, 0.29) is 23.0 Å². The summed E-state index contributed by atoms with van der Waals surface area (Å²) in [5, 5.41) is 0.456. The van der Waals surface area contributed by atoms with E-state index in [1.807, 2.05) is 43.9 Å². The van der Waals surface area contributed by atoms with Crippen molar-refractivity contribution in [2.24, 2.45) is 5.92 Å². The molecule has 0 bridgehead atoms. The first-order valence-corrected chi connectivity index (χ1v) is 10.6. The van der Waals surface area contributed by atoms with Crippen molar-refractivity contribution in [1.82, 2.24) is 14.9 Å². The van der Waals surface area contributed by atoms with Crippen molar-refractivity contribution < 1.29 is 19.1 Å². The van der Waals surface area contributed by atoms with E-state index in [1.165, 1.54) is 11.8 Å². The molecule has 0 unspecified atom stereocenters. The van der Waals surface area contributed by atoms with Crippen molar-refractivity contribution in [1.29, 1.82) is 0 Å². The molecule has 0 radical (unpaired) electrons. The van der Waals surface area contributed by atoms with E-state index in [4.69, 9.17) is 9.47 Å². The molecule has 1 fully saturated rings. The molecule has 1 amide bonds. The molecular formula is C20H27N3O4S. The Bertz CT molecular complexity index is 830. The number of benzene rings is 1. The molecule has 8 heteroatoms. The van der Waals surface area contributed by atoms with Gasteiger partial charge in [0, 0.05) is 19.2 Å². The highest BCUT2D eigenvalue weighted by atomic mass is 32.2. The van der Waals surface area contributed by atoms with Gasteiger partial charge in [-0.15, -0.1) is 0 Å². The van der Waals surface area contributed by atoms with Gasteiger partial charge in [-0.05, 0) is 45.7 Å². The molecule has 0 spiro atoms. The van der Waals surface area contributed by atoms with Gasteiger partial charge in [-0.1, -0.05) is 11.8 Å². The molecule has 1 aromatic carbocycles. The minimum Gasteiger partial charge on any atom is -0.494 e. The number of ether oxygens (including phenoxy) is 2. The topological polar surface area (TPSA) is 84.5 Å². The number of imidazole rings is 1. The van der Waals surface area contributed by atoms with E-state index in [1.54, 1.807) is 0 Å². The molecule has 0 saturated carbocycles. The van der Waals surface area contributed by atoms with Gasteiger partial charge in [-0.3, -0.25) is 9.59 Å². The van der Waals surface area contributed by atoms with Gasteiger partial charge in [0.15, 0.2) is 5.16 Å². The van der Waals surface area contributed by atoms with Crippen molar-refractivity contribution in [3.63, 3.8) is 0 Å². The zero-order valence-corrected chi connectivity index (χ0v) is 17.4. The predicted molar refractivity (Wildman–Crippen MR) is 109 cm³/mol. The summed E-state index contributed by atoms with van der Waals surface area (Å²) in [6.07, 6.45) is 1.32. The Morgan fingerprint density at radius 2 is 2.04 bits per heavy atom. The molecule has 1 N–H and O–H groups in total. The number of thioether (sulfide) groups is 1. The summed E-state index contributed by atoms with van der Waals surface area (Å²) < 4.78 is 10.6.